The molecule has 6 heteroatoms. The molecule has 26 heavy (non-hydrogen) atoms. The van der Waals surface area contributed by atoms with Crippen molar-refractivity contribution in [1.29, 1.82) is 0 Å². The van der Waals surface area contributed by atoms with Crippen LogP contribution in [0.15, 0.2) is 24.3 Å². The van der Waals surface area contributed by atoms with E-state index >= 15 is 0 Å². The zero-order valence-electron chi connectivity index (χ0n) is 15.4. The number of likely N-dealkylation sites (tertiary alicyclic amines) is 2. The number of halogens is 1. The van der Waals surface area contributed by atoms with Gasteiger partial charge in [0.15, 0.2) is 0 Å². The number of rotatable bonds is 4. The Morgan fingerprint density at radius 1 is 1.15 bits per heavy atom. The molecular formula is C20H28ClN3O2. The summed E-state index contributed by atoms with van der Waals surface area (Å²) in [5.41, 5.74) is 0.642. The summed E-state index contributed by atoms with van der Waals surface area (Å²) in [5.74, 6) is 0.980. The summed E-state index contributed by atoms with van der Waals surface area (Å²) >= 11 is 6.08. The molecule has 5 nitrogen and oxygen atoms in total. The lowest BCUT2D eigenvalue weighted by Crippen LogP contribution is -2.47. The number of benzene rings is 1. The average molecular weight is 378 g/mol. The first-order valence-electron chi connectivity index (χ1n) is 9.58. The van der Waals surface area contributed by atoms with Gasteiger partial charge in [-0.25, -0.2) is 0 Å². The predicted molar refractivity (Wildman–Crippen MR) is 104 cm³/mol. The molecule has 0 unspecified atom stereocenters. The number of carbonyl (C=O) groups is 2. The molecule has 1 N–H and O–H groups in total. The Kier molecular flexibility index (Phi) is 6.54. The highest BCUT2D eigenvalue weighted by Crippen LogP contribution is 2.24. The SMILES string of the molecule is C[C@H]1CCCN(C(=O)C2CCN(CC(=O)Nc3ccccc3Cl)CC2)C1. The lowest BCUT2D eigenvalue weighted by atomic mass is 9.93. The number of hydrogen-bond acceptors (Lipinski definition) is 3. The Hall–Kier alpha value is -1.59. The molecule has 142 valence electrons. The number of anilines is 1. The third-order valence-electron chi connectivity index (χ3n) is 5.42. The highest BCUT2D eigenvalue weighted by atomic mass is 35.5. The Balaban J connectivity index is 1.44. The number of amides is 2. The van der Waals surface area contributed by atoms with Crippen molar-refractivity contribution >= 4 is 29.1 Å². The minimum atomic E-state index is -0.0623. The van der Waals surface area contributed by atoms with Gasteiger partial charge < -0.3 is 10.2 Å². The number of piperidine rings is 2. The molecule has 0 bridgehead atoms. The van der Waals surface area contributed by atoms with E-state index in [0.717, 1.165) is 45.4 Å². The van der Waals surface area contributed by atoms with E-state index in [-0.39, 0.29) is 11.8 Å². The molecule has 0 aromatic heterocycles. The van der Waals surface area contributed by atoms with Crippen LogP contribution in [0.2, 0.25) is 5.02 Å². The average Bonchev–Trinajstić information content (AvgIpc) is 2.64. The van der Waals surface area contributed by atoms with Crippen LogP contribution < -0.4 is 5.32 Å². The molecule has 1 aromatic rings. The fourth-order valence-electron chi connectivity index (χ4n) is 3.94. The fraction of sp³-hybridized carbons (Fsp3) is 0.600. The van der Waals surface area contributed by atoms with E-state index in [2.05, 4.69) is 22.0 Å². The maximum Gasteiger partial charge on any atom is 0.238 e. The van der Waals surface area contributed by atoms with Crippen LogP contribution in [-0.2, 0) is 9.59 Å². The van der Waals surface area contributed by atoms with E-state index in [0.29, 0.717) is 29.1 Å². The van der Waals surface area contributed by atoms with E-state index in [1.54, 1.807) is 12.1 Å². The lowest BCUT2D eigenvalue weighted by Gasteiger charge is -2.37. The van der Waals surface area contributed by atoms with Gasteiger partial charge in [0.05, 0.1) is 17.3 Å². The third kappa shape index (κ3) is 4.98. The molecule has 3 rings (SSSR count). The molecule has 2 heterocycles. The Bertz CT molecular complexity index is 644. The number of nitrogens with one attached hydrogen (secondary N) is 1. The Morgan fingerprint density at radius 3 is 2.58 bits per heavy atom. The van der Waals surface area contributed by atoms with E-state index in [4.69, 9.17) is 11.6 Å². The summed E-state index contributed by atoms with van der Waals surface area (Å²) in [7, 11) is 0. The zero-order valence-corrected chi connectivity index (χ0v) is 16.2. The third-order valence-corrected chi connectivity index (χ3v) is 5.75. The van der Waals surface area contributed by atoms with Crippen molar-refractivity contribution in [3.05, 3.63) is 29.3 Å². The minimum absolute atomic E-state index is 0.0623. The van der Waals surface area contributed by atoms with Gasteiger partial charge >= 0.3 is 0 Å². The predicted octanol–water partition coefficient (Wildman–Crippen LogP) is 3.25. The molecule has 0 aliphatic carbocycles. The number of carbonyl (C=O) groups excluding carboxylic acids is 2. The largest absolute Gasteiger partial charge is 0.342 e. The first kappa shape index (κ1) is 19.2. The lowest BCUT2D eigenvalue weighted by molar-refractivity contribution is -0.138. The molecule has 2 fully saturated rings. The fourth-order valence-corrected chi connectivity index (χ4v) is 4.12. The quantitative estimate of drug-likeness (QED) is 0.876. The van der Waals surface area contributed by atoms with E-state index in [1.807, 2.05) is 12.1 Å². The van der Waals surface area contributed by atoms with E-state index < -0.39 is 0 Å². The van der Waals surface area contributed by atoms with Crippen molar-refractivity contribution in [1.82, 2.24) is 9.80 Å². The van der Waals surface area contributed by atoms with Crippen molar-refractivity contribution in [2.45, 2.75) is 32.6 Å². The molecule has 1 aromatic carbocycles. The van der Waals surface area contributed by atoms with Gasteiger partial charge in [-0.15, -0.1) is 0 Å². The van der Waals surface area contributed by atoms with Crippen molar-refractivity contribution in [3.63, 3.8) is 0 Å². The second-order valence-electron chi connectivity index (χ2n) is 7.61. The number of hydrogen-bond donors (Lipinski definition) is 1. The highest BCUT2D eigenvalue weighted by Gasteiger charge is 2.30. The van der Waals surface area contributed by atoms with Gasteiger partial charge in [0.25, 0.3) is 0 Å². The molecule has 1 atom stereocenters. The second kappa shape index (κ2) is 8.87. The molecule has 2 saturated heterocycles. The number of para-hydroxylation sites is 1. The summed E-state index contributed by atoms with van der Waals surface area (Å²) in [5, 5.41) is 3.40. The van der Waals surface area contributed by atoms with Gasteiger partial charge in [0, 0.05) is 19.0 Å². The molecule has 0 radical (unpaired) electrons. The van der Waals surface area contributed by atoms with Crippen LogP contribution in [0.4, 0.5) is 5.69 Å². The molecular weight excluding hydrogens is 350 g/mol. The van der Waals surface area contributed by atoms with E-state index in [9.17, 15) is 9.59 Å². The molecule has 2 aliphatic rings. The maximum atomic E-state index is 12.7. The van der Waals surface area contributed by atoms with Gasteiger partial charge in [-0.3, -0.25) is 14.5 Å². The minimum Gasteiger partial charge on any atom is -0.342 e. The molecule has 2 amide bonds. The van der Waals surface area contributed by atoms with Crippen LogP contribution in [-0.4, -0.2) is 54.3 Å². The summed E-state index contributed by atoms with van der Waals surface area (Å²) in [6, 6.07) is 7.24. The maximum absolute atomic E-state index is 12.7. The van der Waals surface area contributed by atoms with Crippen molar-refractivity contribution in [3.8, 4) is 0 Å². The van der Waals surface area contributed by atoms with Crippen LogP contribution >= 0.6 is 11.6 Å². The summed E-state index contributed by atoms with van der Waals surface area (Å²) < 4.78 is 0. The summed E-state index contributed by atoms with van der Waals surface area (Å²) in [6.45, 7) is 5.95. The van der Waals surface area contributed by atoms with Gasteiger partial charge in [-0.2, -0.15) is 0 Å². The zero-order chi connectivity index (χ0) is 18.5. The van der Waals surface area contributed by atoms with Crippen molar-refractivity contribution < 1.29 is 9.59 Å². The summed E-state index contributed by atoms with van der Waals surface area (Å²) in [4.78, 5) is 29.1. The highest BCUT2D eigenvalue weighted by molar-refractivity contribution is 6.33. The smallest absolute Gasteiger partial charge is 0.238 e. The van der Waals surface area contributed by atoms with Gasteiger partial charge in [0.1, 0.15) is 0 Å². The Morgan fingerprint density at radius 2 is 1.88 bits per heavy atom. The van der Waals surface area contributed by atoms with Gasteiger partial charge in [-0.05, 0) is 56.8 Å². The van der Waals surface area contributed by atoms with Crippen LogP contribution in [0.3, 0.4) is 0 Å². The number of nitrogens with zero attached hydrogens (tertiary/aromatic N) is 2. The normalized spacial score (nSPS) is 22.2. The van der Waals surface area contributed by atoms with Crippen LogP contribution in [0.25, 0.3) is 0 Å². The molecule has 0 spiro atoms. The van der Waals surface area contributed by atoms with Crippen LogP contribution in [0, 0.1) is 11.8 Å². The van der Waals surface area contributed by atoms with Crippen LogP contribution in [0.5, 0.6) is 0 Å². The topological polar surface area (TPSA) is 52.7 Å². The Labute approximate surface area is 160 Å². The van der Waals surface area contributed by atoms with Crippen LogP contribution in [0.1, 0.15) is 32.6 Å². The standard InChI is InChI=1S/C20H28ClN3O2/c1-15-5-4-10-24(13-15)20(26)16-8-11-23(12-9-16)14-19(25)22-18-7-3-2-6-17(18)21/h2-3,6-7,15-16H,4-5,8-14H2,1H3,(H,22,25)/t15-/m0/s1. The first-order chi connectivity index (χ1) is 12.5. The second-order valence-corrected chi connectivity index (χ2v) is 8.02. The van der Waals surface area contributed by atoms with Crippen molar-refractivity contribution in [2.24, 2.45) is 11.8 Å². The molecule has 2 aliphatic heterocycles. The van der Waals surface area contributed by atoms with Gasteiger partial charge in [-0.1, -0.05) is 30.7 Å². The van der Waals surface area contributed by atoms with Crippen molar-refractivity contribution in [2.75, 3.05) is 38.0 Å². The molecule has 0 saturated carbocycles. The summed E-state index contributed by atoms with van der Waals surface area (Å²) in [6.07, 6.45) is 4.02. The van der Waals surface area contributed by atoms with Gasteiger partial charge in [0.2, 0.25) is 11.8 Å². The first-order valence-corrected chi connectivity index (χ1v) is 9.96. The van der Waals surface area contributed by atoms with E-state index in [1.165, 1.54) is 6.42 Å². The monoisotopic (exact) mass is 377 g/mol.